The maximum atomic E-state index is 10.7. The van der Waals surface area contributed by atoms with E-state index < -0.39 is 5.60 Å². The SMILES string of the molecule is CCn1c(C)n[nH]c1=O.Cc1nc(N)c2c(n1)OC(C)(C)C(c1ccc(C3CCCCC3)cc1)=N2. The van der Waals surface area contributed by atoms with Crippen molar-refractivity contribution in [2.75, 3.05) is 5.73 Å². The zero-order valence-corrected chi connectivity index (χ0v) is 21.3. The summed E-state index contributed by atoms with van der Waals surface area (Å²) in [4.78, 5) is 24.1. The van der Waals surface area contributed by atoms with Crippen molar-refractivity contribution >= 4 is 17.2 Å². The van der Waals surface area contributed by atoms with Crippen LogP contribution >= 0.6 is 0 Å². The number of nitrogens with zero attached hydrogens (tertiary/aromatic N) is 5. The Bertz CT molecular complexity index is 1270. The number of aromatic nitrogens is 5. The minimum atomic E-state index is -0.577. The fraction of sp³-hybridized carbons (Fsp3) is 0.500. The van der Waals surface area contributed by atoms with Gasteiger partial charge in [-0.05, 0) is 58.9 Å². The van der Waals surface area contributed by atoms with Gasteiger partial charge < -0.3 is 10.5 Å². The Hall–Kier alpha value is -3.49. The number of ether oxygens (including phenoxy) is 1. The highest BCUT2D eigenvalue weighted by Gasteiger charge is 2.35. The molecule has 35 heavy (non-hydrogen) atoms. The molecule has 0 radical (unpaired) electrons. The van der Waals surface area contributed by atoms with E-state index in [2.05, 4.69) is 44.4 Å². The molecule has 3 aromatic rings. The van der Waals surface area contributed by atoms with Crippen molar-refractivity contribution in [3.63, 3.8) is 0 Å². The van der Waals surface area contributed by atoms with Gasteiger partial charge in [0.05, 0.1) is 5.71 Å². The quantitative estimate of drug-likeness (QED) is 0.568. The van der Waals surface area contributed by atoms with Gasteiger partial charge in [-0.25, -0.2) is 19.9 Å². The van der Waals surface area contributed by atoms with Crippen molar-refractivity contribution in [1.82, 2.24) is 24.7 Å². The number of hydrogen-bond donors (Lipinski definition) is 2. The largest absolute Gasteiger partial charge is 0.463 e. The summed E-state index contributed by atoms with van der Waals surface area (Å²) in [5.41, 5.74) is 9.23. The van der Waals surface area contributed by atoms with E-state index in [1.165, 1.54) is 37.7 Å². The van der Waals surface area contributed by atoms with E-state index in [4.69, 9.17) is 15.5 Å². The molecule has 2 aliphatic rings. The van der Waals surface area contributed by atoms with E-state index in [1.807, 2.05) is 20.8 Å². The number of hydrogen-bond acceptors (Lipinski definition) is 7. The van der Waals surface area contributed by atoms with Gasteiger partial charge in [0.15, 0.2) is 11.5 Å². The fourth-order valence-electron chi connectivity index (χ4n) is 4.80. The highest BCUT2D eigenvalue weighted by atomic mass is 16.5. The molecule has 9 nitrogen and oxygen atoms in total. The third kappa shape index (κ3) is 5.28. The molecular formula is C26H35N7O2. The lowest BCUT2D eigenvalue weighted by molar-refractivity contribution is 0.171. The number of anilines is 1. The van der Waals surface area contributed by atoms with Crippen molar-refractivity contribution < 1.29 is 4.74 Å². The Morgan fingerprint density at radius 3 is 2.37 bits per heavy atom. The zero-order chi connectivity index (χ0) is 25.2. The number of aromatic amines is 1. The summed E-state index contributed by atoms with van der Waals surface area (Å²) in [6, 6.07) is 8.80. The number of nitrogens with two attached hydrogens (primary N) is 1. The molecule has 0 saturated heterocycles. The van der Waals surface area contributed by atoms with Crippen LogP contribution in [0.1, 0.15) is 81.6 Å². The molecule has 1 fully saturated rings. The molecule has 0 bridgehead atoms. The summed E-state index contributed by atoms with van der Waals surface area (Å²) in [7, 11) is 0. The first-order valence-corrected chi connectivity index (χ1v) is 12.3. The topological polar surface area (TPSA) is 124 Å². The Morgan fingerprint density at radius 2 is 1.80 bits per heavy atom. The van der Waals surface area contributed by atoms with Crippen LogP contribution in [-0.4, -0.2) is 36.0 Å². The molecule has 0 unspecified atom stereocenters. The first kappa shape index (κ1) is 24.6. The predicted octanol–water partition coefficient (Wildman–Crippen LogP) is 4.61. The molecule has 1 aliphatic heterocycles. The normalized spacial score (nSPS) is 17.0. The lowest BCUT2D eigenvalue weighted by Gasteiger charge is -2.32. The number of aryl methyl sites for hydroxylation is 2. The van der Waals surface area contributed by atoms with Gasteiger partial charge in [-0.15, -0.1) is 0 Å². The van der Waals surface area contributed by atoms with Crippen molar-refractivity contribution in [2.45, 2.75) is 84.8 Å². The highest BCUT2D eigenvalue weighted by molar-refractivity contribution is 6.09. The first-order valence-electron chi connectivity index (χ1n) is 12.3. The standard InChI is InChI=1S/C21H26N4O.C5H9N3O/c1-13-23-19(22)17-20(24-13)26-21(2,3)18(25-17)16-11-9-15(10-12-16)14-7-5-4-6-8-14;1-3-8-4(2)6-7-5(8)9/h9-12,14H,4-8H2,1-3H3,(H2,22,23,24);3H2,1-2H3,(H,7,9). The average molecular weight is 478 g/mol. The summed E-state index contributed by atoms with van der Waals surface area (Å²) in [6.07, 6.45) is 6.66. The van der Waals surface area contributed by atoms with Crippen molar-refractivity contribution in [3.8, 4) is 5.88 Å². The summed E-state index contributed by atoms with van der Waals surface area (Å²) in [6.45, 7) is 10.2. The summed E-state index contributed by atoms with van der Waals surface area (Å²) in [5, 5.41) is 6.06. The molecule has 0 atom stereocenters. The van der Waals surface area contributed by atoms with Crippen LogP contribution in [0, 0.1) is 13.8 Å². The molecule has 1 aliphatic carbocycles. The van der Waals surface area contributed by atoms with Crippen LogP contribution in [0.5, 0.6) is 5.88 Å². The molecule has 0 spiro atoms. The number of benzene rings is 1. The Balaban J connectivity index is 0.000000271. The van der Waals surface area contributed by atoms with E-state index in [-0.39, 0.29) is 5.69 Å². The lowest BCUT2D eigenvalue weighted by Crippen LogP contribution is -2.41. The number of fused-ring (bicyclic) bond motifs is 1. The first-order chi connectivity index (χ1) is 16.7. The second-order valence-corrected chi connectivity index (χ2v) is 9.66. The van der Waals surface area contributed by atoms with E-state index >= 15 is 0 Å². The average Bonchev–Trinajstić information content (AvgIpc) is 3.16. The second kappa shape index (κ2) is 10.0. The van der Waals surface area contributed by atoms with E-state index in [1.54, 1.807) is 18.4 Å². The smallest absolute Gasteiger partial charge is 0.343 e. The van der Waals surface area contributed by atoms with E-state index in [0.29, 0.717) is 35.7 Å². The molecule has 186 valence electrons. The minimum absolute atomic E-state index is 0.130. The van der Waals surface area contributed by atoms with Gasteiger partial charge in [0.25, 0.3) is 0 Å². The molecule has 9 heteroatoms. The third-order valence-electron chi connectivity index (χ3n) is 6.66. The Morgan fingerprint density at radius 1 is 1.11 bits per heavy atom. The van der Waals surface area contributed by atoms with Crippen LogP contribution in [0.2, 0.25) is 0 Å². The van der Waals surface area contributed by atoms with Gasteiger partial charge in [0.1, 0.15) is 17.2 Å². The Kier molecular flexibility index (Phi) is 7.05. The number of nitrogen functional groups attached to an aromatic ring is 1. The molecule has 3 N–H and O–H groups in total. The summed E-state index contributed by atoms with van der Waals surface area (Å²) in [5.74, 6) is 2.85. The van der Waals surface area contributed by atoms with Gasteiger partial charge in [0.2, 0.25) is 5.88 Å². The van der Waals surface area contributed by atoms with Crippen LogP contribution in [-0.2, 0) is 6.54 Å². The van der Waals surface area contributed by atoms with Crippen molar-refractivity contribution in [2.24, 2.45) is 4.99 Å². The van der Waals surface area contributed by atoms with Gasteiger partial charge in [-0.1, -0.05) is 43.5 Å². The number of rotatable bonds is 3. The summed E-state index contributed by atoms with van der Waals surface area (Å²) < 4.78 is 7.70. The van der Waals surface area contributed by atoms with Gasteiger partial charge in [-0.2, -0.15) is 10.1 Å². The number of H-pyrrole nitrogens is 1. The summed E-state index contributed by atoms with van der Waals surface area (Å²) >= 11 is 0. The molecule has 1 aromatic carbocycles. The van der Waals surface area contributed by atoms with Gasteiger partial charge in [0, 0.05) is 12.1 Å². The fourth-order valence-corrected chi connectivity index (χ4v) is 4.80. The maximum absolute atomic E-state index is 10.7. The van der Waals surface area contributed by atoms with Gasteiger partial charge in [-0.3, -0.25) is 4.57 Å². The van der Waals surface area contributed by atoms with Crippen molar-refractivity contribution in [1.29, 1.82) is 0 Å². The van der Waals surface area contributed by atoms with Gasteiger partial charge >= 0.3 is 5.69 Å². The Labute approximate surface area is 205 Å². The highest BCUT2D eigenvalue weighted by Crippen LogP contribution is 2.40. The minimum Gasteiger partial charge on any atom is -0.463 e. The molecule has 1 saturated carbocycles. The monoisotopic (exact) mass is 477 g/mol. The zero-order valence-electron chi connectivity index (χ0n) is 21.3. The molecular weight excluding hydrogens is 442 g/mol. The third-order valence-corrected chi connectivity index (χ3v) is 6.66. The maximum Gasteiger partial charge on any atom is 0.343 e. The lowest BCUT2D eigenvalue weighted by atomic mass is 9.83. The van der Waals surface area contributed by atoms with Crippen LogP contribution in [0.4, 0.5) is 11.5 Å². The second-order valence-electron chi connectivity index (χ2n) is 9.66. The van der Waals surface area contributed by atoms with Crippen LogP contribution in [0.15, 0.2) is 34.1 Å². The predicted molar refractivity (Wildman–Crippen MR) is 138 cm³/mol. The molecule has 3 heterocycles. The van der Waals surface area contributed by atoms with Crippen LogP contribution in [0.25, 0.3) is 0 Å². The van der Waals surface area contributed by atoms with Crippen molar-refractivity contribution in [3.05, 3.63) is 57.5 Å². The number of aliphatic imine (C=N–C) groups is 1. The molecule has 5 rings (SSSR count). The molecule has 0 amide bonds. The van der Waals surface area contributed by atoms with E-state index in [9.17, 15) is 4.79 Å². The number of nitrogens with one attached hydrogen (secondary N) is 1. The van der Waals surface area contributed by atoms with E-state index in [0.717, 1.165) is 17.1 Å². The van der Waals surface area contributed by atoms with Crippen LogP contribution in [0.3, 0.4) is 0 Å². The van der Waals surface area contributed by atoms with Crippen LogP contribution < -0.4 is 16.2 Å². The molecule has 2 aromatic heterocycles.